The summed E-state index contributed by atoms with van der Waals surface area (Å²) >= 11 is 26.1. The van der Waals surface area contributed by atoms with Crippen molar-refractivity contribution in [3.8, 4) is 0 Å². The summed E-state index contributed by atoms with van der Waals surface area (Å²) in [4.78, 5) is 106. The third-order valence-electron chi connectivity index (χ3n) is 21.9. The SMILES string of the molecule is CC1[C@H](OCC(=O)CCCCCCCO[C@@H]2CC(OP([O-])(=S)OCCCOC(C)(C)C)[C@@H](COP([O-])(=S)OCCCOP([O-])(=S)OC3C[C@@H](OCCCCCCCC(=O)CO[C@@H]4OC(CO)[C@H](O)[C@H](O)C4C)O[C@@H]3COP([O-])(=S)OCCCOP([O-])(=S)OC3C[C@@H](OCCCCCCCC(=O)CO[C@@H]4OC(CO)[C@H](O)[C@H](O)C4C)O[C@@H]3CO)O2)OC(CO)[C@H](O)[C@@H]1C. The number of hydrogen-bond acceptors (Lipinski definition) is 45. The molecule has 0 aromatic carbocycles. The minimum atomic E-state index is -4.42. The standard InChI is InChI=1S/C77H143O40P5S5/c1-50-51(2)74(112-61(42-79)69(50)85)98-45-54(82)26-17-11-9-15-21-30-96-67-39-58(116-121(93,126)104-33-23-32-101-77(5,6)7)64(110-67)48-107-119(91,124)103-35-25-37-106-122(94,127)117-59-40-68(97-31-22-16-10-13-19-28-56(84)47-100-76-53(4)71(87)73(89)63(44-81)114-76)111-65(59)49-108-118(90,123)102-34-24-36-105-120(92,125)115-57-38-66(109-60(57)41-78)95-29-20-14-8-12-18-27-55(83)46-99-75-52(3)70(86)72(88)62(43-80)113-75/h50-53,57-76,78-81,85-89H,8-49H2,1-7H3,(H,90,123)(H,91,124)(H,92,125)(H,93,126)(H,94,127)/p-5/t50-,51?,52?,53?,57?,58?,59?,60-,61?,62?,63?,64-,65-,66+,67+,68+,69-,70-,71-,72+,73+,74-,75-,76-,118?,119?,120?,121?,122?/m1/s1. The van der Waals surface area contributed by atoms with E-state index in [9.17, 15) is 84.8 Å². The molecule has 6 rings (SSSR count). The highest BCUT2D eigenvalue weighted by Crippen LogP contribution is 2.50. The Morgan fingerprint density at radius 1 is 0.323 bits per heavy atom. The molecule has 6 aliphatic rings. The van der Waals surface area contributed by atoms with Gasteiger partial charge in [-0.2, -0.15) is 0 Å². The molecule has 6 fully saturated rings. The number of carbonyl (C=O) groups is 3. The van der Waals surface area contributed by atoms with E-state index in [0.29, 0.717) is 77.4 Å². The van der Waals surface area contributed by atoms with Crippen LogP contribution < -0.4 is 24.5 Å². The predicted octanol–water partition coefficient (Wildman–Crippen LogP) is 2.83. The number of rotatable bonds is 69. The first-order valence-electron chi connectivity index (χ1n) is 43.8. The van der Waals surface area contributed by atoms with E-state index >= 15 is 0 Å². The Kier molecular flexibility index (Phi) is 55.1. The van der Waals surface area contributed by atoms with Crippen LogP contribution in [0.25, 0.3) is 0 Å². The van der Waals surface area contributed by atoms with Gasteiger partial charge in [0, 0.05) is 82.7 Å². The van der Waals surface area contributed by atoms with Crippen molar-refractivity contribution in [3.05, 3.63) is 0 Å². The molecular weight excluding hydrogens is 1880 g/mol. The van der Waals surface area contributed by atoms with E-state index in [-0.39, 0.29) is 147 Å². The van der Waals surface area contributed by atoms with Gasteiger partial charge in [-0.3, -0.25) is 14.4 Å². The van der Waals surface area contributed by atoms with Gasteiger partial charge in [-0.25, -0.2) is 0 Å². The number of aliphatic hydroxyl groups is 9. The average Bonchev–Trinajstić information content (AvgIpc) is 1.74. The van der Waals surface area contributed by atoms with E-state index in [1.54, 1.807) is 13.8 Å². The van der Waals surface area contributed by atoms with Gasteiger partial charge in [0.25, 0.3) is 0 Å². The van der Waals surface area contributed by atoms with Crippen molar-refractivity contribution < 1.29 is 192 Å². The molecule has 0 aliphatic carbocycles. The number of ether oxygens (including phenoxy) is 13. The van der Waals surface area contributed by atoms with E-state index in [2.05, 4.69) is 0 Å². The zero-order valence-corrected chi connectivity index (χ0v) is 82.1. The van der Waals surface area contributed by atoms with Crippen LogP contribution in [0.2, 0.25) is 0 Å². The van der Waals surface area contributed by atoms with Crippen LogP contribution in [0.4, 0.5) is 0 Å². The van der Waals surface area contributed by atoms with Crippen LogP contribution in [-0.2, 0) is 180 Å². The highest BCUT2D eigenvalue weighted by atomic mass is 32.5. The van der Waals surface area contributed by atoms with Crippen LogP contribution in [0.15, 0.2) is 0 Å². The summed E-state index contributed by atoms with van der Waals surface area (Å²) in [5, 5.41) is 89.7. The van der Waals surface area contributed by atoms with Crippen LogP contribution in [-0.4, -0.2) is 311 Å². The molecule has 50 heteroatoms. The van der Waals surface area contributed by atoms with Crippen LogP contribution in [0.3, 0.4) is 0 Å². The van der Waals surface area contributed by atoms with Gasteiger partial charge in [0.15, 0.2) is 55.1 Å². The molecule has 6 saturated heterocycles. The molecule has 0 amide bonds. The second-order valence-electron chi connectivity index (χ2n) is 33.4. The first-order valence-corrected chi connectivity index (χ1v) is 56.6. The molecule has 746 valence electrons. The van der Waals surface area contributed by atoms with Gasteiger partial charge in [-0.15, -0.1) is 0 Å². The molecule has 0 saturated carbocycles. The minimum absolute atomic E-state index is 0.0306. The second kappa shape index (κ2) is 60.0. The molecular formula is C77H138O40P5S5-5. The zero-order chi connectivity index (χ0) is 93.6. The lowest BCUT2D eigenvalue weighted by Crippen LogP contribution is -2.55. The number of ketones is 3. The van der Waals surface area contributed by atoms with Crippen LogP contribution in [0, 0.1) is 23.7 Å². The Hall–Kier alpha value is 0.780. The lowest BCUT2D eigenvalue weighted by atomic mass is 9.85. The van der Waals surface area contributed by atoms with Gasteiger partial charge in [0.2, 0.25) is 0 Å². The Bertz CT molecular complexity index is 3370. The summed E-state index contributed by atoms with van der Waals surface area (Å²) in [6.07, 6.45) is -9.00. The van der Waals surface area contributed by atoms with Gasteiger partial charge in [-0.1, -0.05) is 145 Å². The van der Waals surface area contributed by atoms with Crippen molar-refractivity contribution in [3.63, 3.8) is 0 Å². The van der Waals surface area contributed by atoms with E-state index < -0.39 is 207 Å². The number of aliphatic hydroxyl groups excluding tert-OH is 9. The van der Waals surface area contributed by atoms with E-state index in [0.717, 1.165) is 44.9 Å². The summed E-state index contributed by atoms with van der Waals surface area (Å²) in [7, 11) is 0. The largest absolute Gasteiger partial charge is 0.780 e. The third-order valence-corrected chi connectivity index (χ3v) is 29.9. The fraction of sp³-hybridized carbons (Fsp3) is 0.961. The molecule has 0 radical (unpaired) electrons. The first-order chi connectivity index (χ1) is 60.1. The lowest BCUT2D eigenvalue weighted by molar-refractivity contribution is -0.280. The average molecular weight is 2020 g/mol. The maximum Gasteiger partial charge on any atom is 0.163 e. The highest BCUT2D eigenvalue weighted by molar-refractivity contribution is 8.07. The van der Waals surface area contributed by atoms with E-state index in [4.69, 9.17) is 166 Å². The first kappa shape index (κ1) is 116. The van der Waals surface area contributed by atoms with Gasteiger partial charge >= 0.3 is 0 Å². The summed E-state index contributed by atoms with van der Waals surface area (Å²) in [5.74, 6) is -2.09. The molecule has 14 unspecified atom stereocenters. The van der Waals surface area contributed by atoms with Gasteiger partial charge in [0.05, 0.1) is 115 Å². The highest BCUT2D eigenvalue weighted by Gasteiger charge is 2.47. The van der Waals surface area contributed by atoms with Crippen molar-refractivity contribution in [2.24, 2.45) is 23.7 Å². The Labute approximate surface area is 771 Å². The molecule has 6 heterocycles. The smallest absolute Gasteiger partial charge is 0.163 e. The summed E-state index contributed by atoms with van der Waals surface area (Å²) < 4.78 is 131. The number of hydrogen-bond donors (Lipinski definition) is 9. The molecule has 0 aromatic rings. The van der Waals surface area contributed by atoms with Crippen molar-refractivity contribution >= 4 is 110 Å². The summed E-state index contributed by atoms with van der Waals surface area (Å²) in [6.45, 7) is -12.9. The van der Waals surface area contributed by atoms with Gasteiger partial charge < -0.3 is 177 Å². The summed E-state index contributed by atoms with van der Waals surface area (Å²) in [6, 6.07) is 0. The second-order valence-corrected chi connectivity index (χ2v) is 47.0. The molecule has 0 bridgehead atoms. The normalized spacial score (nSPS) is 32.6. The Morgan fingerprint density at radius 3 is 0.937 bits per heavy atom. The minimum Gasteiger partial charge on any atom is -0.780 e. The maximum absolute atomic E-state index is 13.9. The molecule has 0 aromatic heterocycles. The molecule has 127 heavy (non-hydrogen) atoms. The Balaban J connectivity index is 0.914. The van der Waals surface area contributed by atoms with Crippen LogP contribution in [0.5, 0.6) is 0 Å². The number of unbranched alkanes of at least 4 members (excludes halogenated alkanes) is 12. The lowest BCUT2D eigenvalue weighted by Gasteiger charge is -2.41. The van der Waals surface area contributed by atoms with Gasteiger partial charge in [-0.05, 0) is 84.5 Å². The van der Waals surface area contributed by atoms with Crippen molar-refractivity contribution in [1.82, 2.24) is 0 Å². The maximum atomic E-state index is 13.9. The third kappa shape index (κ3) is 44.9. The molecule has 6 aliphatic heterocycles. The van der Waals surface area contributed by atoms with Crippen molar-refractivity contribution in [2.75, 3.05) is 119 Å². The van der Waals surface area contributed by atoms with Crippen molar-refractivity contribution in [2.45, 2.75) is 331 Å². The number of carbonyl (C=O) groups excluding carboxylic acids is 3. The van der Waals surface area contributed by atoms with E-state index in [1.807, 2.05) is 34.6 Å². The van der Waals surface area contributed by atoms with Crippen LogP contribution >= 0.6 is 33.6 Å². The zero-order valence-electron chi connectivity index (χ0n) is 73.5. The van der Waals surface area contributed by atoms with Crippen LogP contribution in [0.1, 0.15) is 203 Å². The quantitative estimate of drug-likeness (QED) is 0.0312. The topological polar surface area (TPSA) is 561 Å². The fourth-order valence-corrected chi connectivity index (χ4v) is 21.2. The van der Waals surface area contributed by atoms with Crippen molar-refractivity contribution in [1.29, 1.82) is 0 Å². The van der Waals surface area contributed by atoms with E-state index in [1.165, 1.54) is 0 Å². The molecule has 40 nitrogen and oxygen atoms in total. The van der Waals surface area contributed by atoms with Gasteiger partial charge in [0.1, 0.15) is 102 Å². The molecule has 9 N–H and O–H groups in total. The number of Topliss-reactive ketones (excluding diaryl/α,β-unsaturated/α-hetero) is 3. The predicted molar refractivity (Wildman–Crippen MR) is 462 cm³/mol. The summed E-state index contributed by atoms with van der Waals surface area (Å²) in [5.41, 5.74) is -0.418. The fourth-order valence-electron chi connectivity index (χ4n) is 14.3. The molecule has 29 atom stereocenters. The monoisotopic (exact) mass is 2020 g/mol. The Morgan fingerprint density at radius 2 is 0.606 bits per heavy atom. The molecule has 0 spiro atoms.